The molecule has 2 rings (SSSR count). The fourth-order valence-corrected chi connectivity index (χ4v) is 1.95. The van der Waals surface area contributed by atoms with Gasteiger partial charge in [0.15, 0.2) is 0 Å². The van der Waals surface area contributed by atoms with E-state index in [4.69, 9.17) is 16.7 Å². The third kappa shape index (κ3) is 1.66. The lowest BCUT2D eigenvalue weighted by Gasteiger charge is -2.00. The highest BCUT2D eigenvalue weighted by Crippen LogP contribution is 2.31. The van der Waals surface area contributed by atoms with Crippen LogP contribution in [0.1, 0.15) is 17.5 Å². The molecule has 0 aromatic heterocycles. The molecular formula is C11H9ClO2. The molecule has 0 radical (unpaired) electrons. The number of aliphatic carboxylic acids is 1. The van der Waals surface area contributed by atoms with Crippen LogP contribution in [-0.2, 0) is 11.2 Å². The maximum Gasteiger partial charge on any atom is 0.307 e. The van der Waals surface area contributed by atoms with Crippen molar-refractivity contribution in [2.45, 2.75) is 12.8 Å². The molecule has 1 aromatic carbocycles. The van der Waals surface area contributed by atoms with Crippen LogP contribution in [0.15, 0.2) is 23.8 Å². The Balaban J connectivity index is 2.28. The number of carboxylic acids is 1. The van der Waals surface area contributed by atoms with Gasteiger partial charge >= 0.3 is 5.97 Å². The molecule has 0 heterocycles. The van der Waals surface area contributed by atoms with Crippen molar-refractivity contribution >= 4 is 23.6 Å². The van der Waals surface area contributed by atoms with E-state index in [9.17, 15) is 4.79 Å². The van der Waals surface area contributed by atoms with Crippen molar-refractivity contribution in [2.75, 3.05) is 0 Å². The molecule has 72 valence electrons. The predicted octanol–water partition coefficient (Wildman–Crippen LogP) is 2.75. The lowest BCUT2D eigenvalue weighted by molar-refractivity contribution is -0.136. The second kappa shape index (κ2) is 3.46. The summed E-state index contributed by atoms with van der Waals surface area (Å²) < 4.78 is 0. The van der Waals surface area contributed by atoms with E-state index in [0.717, 1.165) is 21.7 Å². The number of carbonyl (C=O) groups is 1. The third-order valence-electron chi connectivity index (χ3n) is 2.30. The van der Waals surface area contributed by atoms with Crippen LogP contribution in [0.5, 0.6) is 0 Å². The quantitative estimate of drug-likeness (QED) is 0.812. The predicted molar refractivity (Wildman–Crippen MR) is 55.4 cm³/mol. The van der Waals surface area contributed by atoms with E-state index in [1.54, 1.807) is 0 Å². The van der Waals surface area contributed by atoms with E-state index in [2.05, 4.69) is 0 Å². The third-order valence-corrected chi connectivity index (χ3v) is 2.65. The second-order valence-electron chi connectivity index (χ2n) is 3.36. The topological polar surface area (TPSA) is 37.3 Å². The highest BCUT2D eigenvalue weighted by atomic mass is 35.5. The van der Waals surface area contributed by atoms with Crippen LogP contribution >= 0.6 is 11.6 Å². The number of fused-ring (bicyclic) bond motifs is 1. The molecule has 1 aliphatic carbocycles. The van der Waals surface area contributed by atoms with Crippen molar-refractivity contribution in [1.82, 2.24) is 0 Å². The van der Waals surface area contributed by atoms with Crippen molar-refractivity contribution in [3.05, 3.63) is 39.9 Å². The average Bonchev–Trinajstić information content (AvgIpc) is 2.47. The molecular weight excluding hydrogens is 200 g/mol. The minimum atomic E-state index is -0.792. The van der Waals surface area contributed by atoms with Gasteiger partial charge in [-0.2, -0.15) is 0 Å². The number of benzene rings is 1. The Morgan fingerprint density at radius 1 is 1.50 bits per heavy atom. The summed E-state index contributed by atoms with van der Waals surface area (Å²) in [4.78, 5) is 10.5. The number of hydrogen-bond donors (Lipinski definition) is 1. The van der Waals surface area contributed by atoms with Gasteiger partial charge in [-0.15, -0.1) is 0 Å². The molecule has 1 aliphatic rings. The van der Waals surface area contributed by atoms with E-state index >= 15 is 0 Å². The minimum Gasteiger partial charge on any atom is -0.481 e. The summed E-state index contributed by atoms with van der Waals surface area (Å²) >= 11 is 5.99. The van der Waals surface area contributed by atoms with E-state index in [-0.39, 0.29) is 6.42 Å². The first kappa shape index (κ1) is 9.28. The van der Waals surface area contributed by atoms with Crippen LogP contribution in [0.25, 0.3) is 6.08 Å². The molecule has 2 nitrogen and oxygen atoms in total. The smallest absolute Gasteiger partial charge is 0.307 e. The summed E-state index contributed by atoms with van der Waals surface area (Å²) in [6, 6.07) is 5.66. The van der Waals surface area contributed by atoms with Crippen LogP contribution in [0.2, 0.25) is 5.02 Å². The monoisotopic (exact) mass is 208 g/mol. The molecule has 0 atom stereocenters. The van der Waals surface area contributed by atoms with Crippen LogP contribution in [0.4, 0.5) is 0 Å². The summed E-state index contributed by atoms with van der Waals surface area (Å²) in [6.45, 7) is 0. The van der Waals surface area contributed by atoms with Crippen molar-refractivity contribution < 1.29 is 9.90 Å². The molecule has 0 saturated heterocycles. The molecule has 0 bridgehead atoms. The van der Waals surface area contributed by atoms with Gasteiger partial charge in [0.05, 0.1) is 6.42 Å². The number of hydrogen-bond acceptors (Lipinski definition) is 1. The van der Waals surface area contributed by atoms with Crippen molar-refractivity contribution in [1.29, 1.82) is 0 Å². The number of rotatable bonds is 2. The highest BCUT2D eigenvalue weighted by molar-refractivity contribution is 6.31. The van der Waals surface area contributed by atoms with E-state index in [1.807, 2.05) is 24.3 Å². The fourth-order valence-electron chi connectivity index (χ4n) is 1.70. The van der Waals surface area contributed by atoms with Gasteiger partial charge in [0.2, 0.25) is 0 Å². The molecule has 3 heteroatoms. The fraction of sp³-hybridized carbons (Fsp3) is 0.182. The maximum atomic E-state index is 10.5. The molecule has 1 N–H and O–H groups in total. The normalized spacial score (nSPS) is 13.6. The SMILES string of the molecule is O=C(O)CC1=Cc2cccc(Cl)c2C1. The Labute approximate surface area is 86.8 Å². The molecule has 0 amide bonds. The van der Waals surface area contributed by atoms with Crippen LogP contribution in [0, 0.1) is 0 Å². The molecule has 14 heavy (non-hydrogen) atoms. The Hall–Kier alpha value is -1.28. The Kier molecular flexibility index (Phi) is 2.30. The average molecular weight is 209 g/mol. The maximum absolute atomic E-state index is 10.5. The van der Waals surface area contributed by atoms with Gasteiger partial charge in [0.1, 0.15) is 0 Å². The minimum absolute atomic E-state index is 0.102. The Morgan fingerprint density at radius 3 is 2.93 bits per heavy atom. The van der Waals surface area contributed by atoms with Crippen LogP contribution < -0.4 is 0 Å². The molecule has 0 spiro atoms. The summed E-state index contributed by atoms with van der Waals surface area (Å²) in [7, 11) is 0. The van der Waals surface area contributed by atoms with Gasteiger partial charge in [-0.1, -0.05) is 35.4 Å². The van der Waals surface area contributed by atoms with Gasteiger partial charge in [-0.05, 0) is 23.6 Å². The zero-order chi connectivity index (χ0) is 10.1. The molecule has 0 saturated carbocycles. The van der Waals surface area contributed by atoms with Gasteiger partial charge in [-0.3, -0.25) is 4.79 Å². The van der Waals surface area contributed by atoms with Crippen molar-refractivity contribution in [3.8, 4) is 0 Å². The van der Waals surface area contributed by atoms with E-state index < -0.39 is 5.97 Å². The Morgan fingerprint density at radius 2 is 2.29 bits per heavy atom. The first-order valence-corrected chi connectivity index (χ1v) is 4.73. The number of halogens is 1. The summed E-state index contributed by atoms with van der Waals surface area (Å²) in [5, 5.41) is 9.37. The highest BCUT2D eigenvalue weighted by Gasteiger charge is 2.16. The molecule has 1 aromatic rings. The second-order valence-corrected chi connectivity index (χ2v) is 3.76. The first-order valence-electron chi connectivity index (χ1n) is 4.35. The van der Waals surface area contributed by atoms with E-state index in [0.29, 0.717) is 6.42 Å². The molecule has 0 unspecified atom stereocenters. The summed E-state index contributed by atoms with van der Waals surface area (Å²) in [5.41, 5.74) is 3.01. The zero-order valence-corrected chi connectivity index (χ0v) is 8.21. The molecule has 0 aliphatic heterocycles. The van der Waals surface area contributed by atoms with Crippen LogP contribution in [0.3, 0.4) is 0 Å². The van der Waals surface area contributed by atoms with Crippen LogP contribution in [-0.4, -0.2) is 11.1 Å². The molecule has 0 fully saturated rings. The Bertz CT molecular complexity index is 421. The lowest BCUT2D eigenvalue weighted by Crippen LogP contribution is -1.97. The standard InChI is InChI=1S/C11H9ClO2/c12-10-3-1-2-8-4-7(5-9(8)10)6-11(13)14/h1-4H,5-6H2,(H,13,14). The van der Waals surface area contributed by atoms with Crippen molar-refractivity contribution in [2.24, 2.45) is 0 Å². The van der Waals surface area contributed by atoms with Crippen molar-refractivity contribution in [3.63, 3.8) is 0 Å². The van der Waals surface area contributed by atoms with Gasteiger partial charge in [-0.25, -0.2) is 0 Å². The number of carboxylic acid groups (broad SMARTS) is 1. The zero-order valence-electron chi connectivity index (χ0n) is 7.46. The van der Waals surface area contributed by atoms with E-state index in [1.165, 1.54) is 0 Å². The largest absolute Gasteiger partial charge is 0.481 e. The first-order chi connectivity index (χ1) is 6.66. The summed E-state index contributed by atoms with van der Waals surface area (Å²) in [5.74, 6) is -0.792. The summed E-state index contributed by atoms with van der Waals surface area (Å²) in [6.07, 6.45) is 2.68. The van der Waals surface area contributed by atoms with Gasteiger partial charge in [0, 0.05) is 5.02 Å². The van der Waals surface area contributed by atoms with Gasteiger partial charge < -0.3 is 5.11 Å². The van der Waals surface area contributed by atoms with Gasteiger partial charge in [0.25, 0.3) is 0 Å². The lowest BCUT2D eigenvalue weighted by atomic mass is 10.1.